The predicted octanol–water partition coefficient (Wildman–Crippen LogP) is 1.26. The van der Waals surface area contributed by atoms with Crippen LogP contribution in [0.15, 0.2) is 0 Å². The number of rotatable bonds is 6. The van der Waals surface area contributed by atoms with Crippen molar-refractivity contribution in [2.75, 3.05) is 26.7 Å². The first-order chi connectivity index (χ1) is 8.08. The van der Waals surface area contributed by atoms with E-state index in [2.05, 4.69) is 31.0 Å². The maximum Gasteiger partial charge on any atom is 0.324 e. The Labute approximate surface area is 105 Å². The molecule has 0 aliphatic carbocycles. The van der Waals surface area contributed by atoms with Crippen molar-refractivity contribution in [1.29, 1.82) is 0 Å². The van der Waals surface area contributed by atoms with Crippen molar-refractivity contribution in [2.45, 2.75) is 45.7 Å². The zero-order valence-corrected chi connectivity index (χ0v) is 11.5. The predicted molar refractivity (Wildman–Crippen MR) is 68.9 cm³/mol. The van der Waals surface area contributed by atoms with Crippen molar-refractivity contribution >= 4 is 5.97 Å². The van der Waals surface area contributed by atoms with Crippen LogP contribution in [0.1, 0.15) is 33.6 Å². The molecule has 4 heteroatoms. The van der Waals surface area contributed by atoms with Crippen LogP contribution < -0.4 is 5.32 Å². The number of hydrogen-bond donors (Lipinski definition) is 1. The third kappa shape index (κ3) is 4.28. The van der Waals surface area contributed by atoms with E-state index in [4.69, 9.17) is 4.74 Å². The van der Waals surface area contributed by atoms with E-state index in [1.807, 2.05) is 0 Å². The van der Waals surface area contributed by atoms with Crippen molar-refractivity contribution < 1.29 is 9.53 Å². The van der Waals surface area contributed by atoms with E-state index in [0.29, 0.717) is 6.04 Å². The number of ether oxygens (including phenoxy) is 1. The first-order valence-electron chi connectivity index (χ1n) is 6.63. The van der Waals surface area contributed by atoms with Crippen molar-refractivity contribution in [3.05, 3.63) is 0 Å². The molecular weight excluding hydrogens is 216 g/mol. The fourth-order valence-corrected chi connectivity index (χ4v) is 2.56. The van der Waals surface area contributed by atoms with Crippen LogP contribution in [-0.2, 0) is 9.53 Å². The van der Waals surface area contributed by atoms with Crippen LogP contribution in [0.5, 0.6) is 0 Å². The Morgan fingerprint density at radius 2 is 2.24 bits per heavy atom. The lowest BCUT2D eigenvalue weighted by Gasteiger charge is -2.26. The van der Waals surface area contributed by atoms with Crippen LogP contribution in [0.3, 0.4) is 0 Å². The zero-order chi connectivity index (χ0) is 12.8. The third-order valence-corrected chi connectivity index (χ3v) is 3.46. The normalized spacial score (nSPS) is 27.1. The molecule has 0 bridgehead atoms. The van der Waals surface area contributed by atoms with Gasteiger partial charge in [0.25, 0.3) is 0 Å². The van der Waals surface area contributed by atoms with Gasteiger partial charge in [0.2, 0.25) is 0 Å². The standard InChI is InChI=1S/C13H26N2O2/c1-5-6-14-12(13(16)17-4)9-15-8-10(2)7-11(15)3/h10-12,14H,5-9H2,1-4H3. The Morgan fingerprint density at radius 3 is 2.71 bits per heavy atom. The highest BCUT2D eigenvalue weighted by atomic mass is 16.5. The molecule has 1 fully saturated rings. The molecule has 3 unspecified atom stereocenters. The topological polar surface area (TPSA) is 41.6 Å². The fourth-order valence-electron chi connectivity index (χ4n) is 2.56. The van der Waals surface area contributed by atoms with Crippen LogP contribution in [0.4, 0.5) is 0 Å². The van der Waals surface area contributed by atoms with Gasteiger partial charge < -0.3 is 10.1 Å². The average molecular weight is 242 g/mol. The SMILES string of the molecule is CCCNC(CN1CC(C)CC1C)C(=O)OC. The molecule has 0 aromatic carbocycles. The Morgan fingerprint density at radius 1 is 1.53 bits per heavy atom. The minimum atomic E-state index is -0.187. The second-order valence-corrected chi connectivity index (χ2v) is 5.17. The number of esters is 1. The number of carbonyl (C=O) groups is 1. The molecule has 1 rings (SSSR count). The van der Waals surface area contributed by atoms with Crippen LogP contribution in [0.2, 0.25) is 0 Å². The average Bonchev–Trinajstić information content (AvgIpc) is 2.62. The second-order valence-electron chi connectivity index (χ2n) is 5.17. The highest BCUT2D eigenvalue weighted by Gasteiger charge is 2.30. The Hall–Kier alpha value is -0.610. The summed E-state index contributed by atoms with van der Waals surface area (Å²) in [5.74, 6) is 0.583. The highest BCUT2D eigenvalue weighted by Crippen LogP contribution is 2.22. The Kier molecular flexibility index (Phi) is 5.92. The maximum absolute atomic E-state index is 11.7. The number of nitrogens with one attached hydrogen (secondary N) is 1. The maximum atomic E-state index is 11.7. The van der Waals surface area contributed by atoms with Crippen LogP contribution in [0, 0.1) is 5.92 Å². The van der Waals surface area contributed by atoms with Gasteiger partial charge in [-0.25, -0.2) is 0 Å². The molecule has 1 heterocycles. The van der Waals surface area contributed by atoms with Crippen LogP contribution in [-0.4, -0.2) is 49.7 Å². The molecular formula is C13H26N2O2. The lowest BCUT2D eigenvalue weighted by Crippen LogP contribution is -2.47. The lowest BCUT2D eigenvalue weighted by atomic mass is 10.1. The van der Waals surface area contributed by atoms with E-state index in [1.165, 1.54) is 13.5 Å². The van der Waals surface area contributed by atoms with Gasteiger partial charge in [0, 0.05) is 19.1 Å². The van der Waals surface area contributed by atoms with Crippen molar-refractivity contribution in [3.8, 4) is 0 Å². The summed E-state index contributed by atoms with van der Waals surface area (Å²) in [4.78, 5) is 14.1. The molecule has 0 radical (unpaired) electrons. The number of nitrogens with zero attached hydrogens (tertiary/aromatic N) is 1. The highest BCUT2D eigenvalue weighted by molar-refractivity contribution is 5.75. The van der Waals surface area contributed by atoms with Gasteiger partial charge in [-0.3, -0.25) is 9.69 Å². The van der Waals surface area contributed by atoms with Gasteiger partial charge in [-0.05, 0) is 32.2 Å². The lowest BCUT2D eigenvalue weighted by molar-refractivity contribution is -0.143. The molecule has 1 aliphatic rings. The summed E-state index contributed by atoms with van der Waals surface area (Å²) < 4.78 is 4.85. The molecule has 0 saturated carbocycles. The van der Waals surface area contributed by atoms with E-state index < -0.39 is 0 Å². The van der Waals surface area contributed by atoms with Crippen molar-refractivity contribution in [1.82, 2.24) is 10.2 Å². The third-order valence-electron chi connectivity index (χ3n) is 3.46. The molecule has 0 aromatic rings. The van der Waals surface area contributed by atoms with E-state index >= 15 is 0 Å². The second kappa shape index (κ2) is 6.97. The summed E-state index contributed by atoms with van der Waals surface area (Å²) >= 11 is 0. The summed E-state index contributed by atoms with van der Waals surface area (Å²) in [5, 5.41) is 3.27. The molecule has 1 saturated heterocycles. The van der Waals surface area contributed by atoms with E-state index in [0.717, 1.165) is 32.0 Å². The van der Waals surface area contributed by atoms with Gasteiger partial charge in [-0.2, -0.15) is 0 Å². The smallest absolute Gasteiger partial charge is 0.324 e. The summed E-state index contributed by atoms with van der Waals surface area (Å²) in [6.45, 7) is 9.31. The van der Waals surface area contributed by atoms with Gasteiger partial charge in [0.1, 0.15) is 6.04 Å². The fraction of sp³-hybridized carbons (Fsp3) is 0.923. The quantitative estimate of drug-likeness (QED) is 0.712. The van der Waals surface area contributed by atoms with Crippen molar-refractivity contribution in [2.24, 2.45) is 5.92 Å². The minimum Gasteiger partial charge on any atom is -0.468 e. The van der Waals surface area contributed by atoms with Crippen LogP contribution in [0.25, 0.3) is 0 Å². The van der Waals surface area contributed by atoms with Crippen molar-refractivity contribution in [3.63, 3.8) is 0 Å². The van der Waals surface area contributed by atoms with E-state index in [1.54, 1.807) is 0 Å². The van der Waals surface area contributed by atoms with E-state index in [-0.39, 0.29) is 12.0 Å². The summed E-state index contributed by atoms with van der Waals surface area (Å²) in [7, 11) is 1.46. The molecule has 0 aromatic heterocycles. The van der Waals surface area contributed by atoms with Gasteiger partial charge in [0.05, 0.1) is 7.11 Å². The number of hydrogen-bond acceptors (Lipinski definition) is 4. The first kappa shape index (κ1) is 14.5. The van der Waals surface area contributed by atoms with Gasteiger partial charge in [-0.15, -0.1) is 0 Å². The number of carbonyl (C=O) groups excluding carboxylic acids is 1. The molecule has 0 spiro atoms. The molecule has 0 amide bonds. The molecule has 17 heavy (non-hydrogen) atoms. The Balaban J connectivity index is 2.50. The number of likely N-dealkylation sites (tertiary alicyclic amines) is 1. The molecule has 3 atom stereocenters. The minimum absolute atomic E-state index is 0.148. The molecule has 100 valence electrons. The molecule has 1 N–H and O–H groups in total. The number of methoxy groups -OCH3 is 1. The monoisotopic (exact) mass is 242 g/mol. The van der Waals surface area contributed by atoms with Gasteiger partial charge >= 0.3 is 5.97 Å². The van der Waals surface area contributed by atoms with Gasteiger partial charge in [-0.1, -0.05) is 13.8 Å². The summed E-state index contributed by atoms with van der Waals surface area (Å²) in [6, 6.07) is 0.383. The zero-order valence-electron chi connectivity index (χ0n) is 11.5. The largest absolute Gasteiger partial charge is 0.468 e. The summed E-state index contributed by atoms with van der Waals surface area (Å²) in [5.41, 5.74) is 0. The van der Waals surface area contributed by atoms with Gasteiger partial charge in [0.15, 0.2) is 0 Å². The Bertz CT molecular complexity index is 246. The van der Waals surface area contributed by atoms with E-state index in [9.17, 15) is 4.79 Å². The van der Waals surface area contributed by atoms with Crippen LogP contribution >= 0.6 is 0 Å². The summed E-state index contributed by atoms with van der Waals surface area (Å²) in [6.07, 6.45) is 2.25. The molecule has 1 aliphatic heterocycles. The first-order valence-corrected chi connectivity index (χ1v) is 6.63. The molecule has 4 nitrogen and oxygen atoms in total.